The Morgan fingerprint density at radius 2 is 2.14 bits per heavy atom. The molecule has 1 aromatic heterocycles. The number of nitrogens with one attached hydrogen (secondary N) is 1. The summed E-state index contributed by atoms with van der Waals surface area (Å²) in [5, 5.41) is 12.2. The smallest absolute Gasteiger partial charge is 0.226 e. The summed E-state index contributed by atoms with van der Waals surface area (Å²) in [5.74, 6) is 1.14. The maximum atomic E-state index is 8.85. The first-order valence-electron chi connectivity index (χ1n) is 7.17. The van der Waals surface area contributed by atoms with Crippen LogP contribution in [0.2, 0.25) is 0 Å². The number of anilines is 2. The van der Waals surface area contributed by atoms with Gasteiger partial charge in [-0.25, -0.2) is 4.98 Å². The fraction of sp³-hybridized carbons (Fsp3) is 0.312. The fourth-order valence-electron chi connectivity index (χ4n) is 2.57. The van der Waals surface area contributed by atoms with E-state index in [0.29, 0.717) is 23.4 Å². The second-order valence-corrected chi connectivity index (χ2v) is 5.16. The maximum Gasteiger partial charge on any atom is 0.226 e. The zero-order valence-corrected chi connectivity index (χ0v) is 12.4. The third-order valence-electron chi connectivity index (χ3n) is 3.72. The number of hydrogen-bond donors (Lipinski definition) is 1. The van der Waals surface area contributed by atoms with Crippen molar-refractivity contribution in [2.75, 3.05) is 30.4 Å². The molecule has 1 aliphatic heterocycles. The van der Waals surface area contributed by atoms with Crippen molar-refractivity contribution in [2.45, 2.75) is 12.5 Å². The van der Waals surface area contributed by atoms with Crippen molar-refractivity contribution >= 4 is 11.6 Å². The molecule has 0 bridgehead atoms. The Morgan fingerprint density at radius 1 is 1.32 bits per heavy atom. The van der Waals surface area contributed by atoms with E-state index in [4.69, 9.17) is 10.00 Å². The first-order chi connectivity index (χ1) is 10.8. The summed E-state index contributed by atoms with van der Waals surface area (Å²) in [7, 11) is 1.59. The molecule has 1 fully saturated rings. The first kappa shape index (κ1) is 14.1. The van der Waals surface area contributed by atoms with Crippen LogP contribution in [0.3, 0.4) is 0 Å². The highest BCUT2D eigenvalue weighted by Gasteiger charge is 2.23. The molecule has 1 unspecified atom stereocenters. The van der Waals surface area contributed by atoms with Crippen LogP contribution in [0.5, 0.6) is 5.88 Å². The average Bonchev–Trinajstić information content (AvgIpc) is 3.03. The lowest BCUT2D eigenvalue weighted by molar-refractivity contribution is 0.397. The number of benzene rings is 1. The lowest BCUT2D eigenvalue weighted by Crippen LogP contribution is -2.26. The maximum absolute atomic E-state index is 8.85. The molecule has 1 saturated heterocycles. The Balaban J connectivity index is 1.63. The van der Waals surface area contributed by atoms with Gasteiger partial charge in [0, 0.05) is 37.1 Å². The first-order valence-corrected chi connectivity index (χ1v) is 7.17. The van der Waals surface area contributed by atoms with Gasteiger partial charge < -0.3 is 15.0 Å². The van der Waals surface area contributed by atoms with Gasteiger partial charge in [0.25, 0.3) is 0 Å². The summed E-state index contributed by atoms with van der Waals surface area (Å²) in [5.41, 5.74) is 1.82. The molecule has 6 nitrogen and oxygen atoms in total. The topological polar surface area (TPSA) is 74.1 Å². The molecule has 6 heteroatoms. The van der Waals surface area contributed by atoms with Crippen molar-refractivity contribution in [3.63, 3.8) is 0 Å². The summed E-state index contributed by atoms with van der Waals surface area (Å²) in [4.78, 5) is 10.8. The molecule has 1 atom stereocenters. The second kappa shape index (κ2) is 6.31. The highest BCUT2D eigenvalue weighted by Crippen LogP contribution is 2.22. The molecule has 2 heterocycles. The zero-order valence-electron chi connectivity index (χ0n) is 12.4. The van der Waals surface area contributed by atoms with E-state index in [-0.39, 0.29) is 0 Å². The van der Waals surface area contributed by atoms with Gasteiger partial charge in [-0.15, -0.1) is 0 Å². The van der Waals surface area contributed by atoms with E-state index < -0.39 is 0 Å². The largest absolute Gasteiger partial charge is 0.481 e. The van der Waals surface area contributed by atoms with E-state index in [2.05, 4.69) is 26.3 Å². The highest BCUT2D eigenvalue weighted by atomic mass is 16.5. The Morgan fingerprint density at radius 3 is 2.86 bits per heavy atom. The number of nitriles is 1. The van der Waals surface area contributed by atoms with Gasteiger partial charge in [-0.1, -0.05) is 0 Å². The Hall–Kier alpha value is -2.81. The average molecular weight is 295 g/mol. The third-order valence-corrected chi connectivity index (χ3v) is 3.72. The highest BCUT2D eigenvalue weighted by molar-refractivity contribution is 5.51. The molecular formula is C16H17N5O. The van der Waals surface area contributed by atoms with Crippen molar-refractivity contribution in [3.05, 3.63) is 42.1 Å². The van der Waals surface area contributed by atoms with Crippen LogP contribution in [0.4, 0.5) is 11.6 Å². The van der Waals surface area contributed by atoms with Gasteiger partial charge in [-0.3, -0.25) is 0 Å². The summed E-state index contributed by atoms with van der Waals surface area (Å²) < 4.78 is 5.10. The lowest BCUT2D eigenvalue weighted by Gasteiger charge is -2.19. The molecule has 0 aliphatic carbocycles. The van der Waals surface area contributed by atoms with Crippen LogP contribution >= 0.6 is 0 Å². The van der Waals surface area contributed by atoms with Crippen LogP contribution in [0.15, 0.2) is 36.5 Å². The van der Waals surface area contributed by atoms with E-state index in [1.807, 2.05) is 24.3 Å². The normalized spacial score (nSPS) is 17.1. The number of rotatable bonds is 4. The van der Waals surface area contributed by atoms with Gasteiger partial charge in [-0.2, -0.15) is 10.2 Å². The second-order valence-electron chi connectivity index (χ2n) is 5.16. The van der Waals surface area contributed by atoms with Gasteiger partial charge in [0.15, 0.2) is 0 Å². The summed E-state index contributed by atoms with van der Waals surface area (Å²) >= 11 is 0. The van der Waals surface area contributed by atoms with Crippen molar-refractivity contribution < 1.29 is 4.74 Å². The SMILES string of the molecule is COc1ccnc(NC2CCN(c3ccc(C#N)cc3)C2)n1. The predicted molar refractivity (Wildman–Crippen MR) is 84.0 cm³/mol. The predicted octanol–water partition coefficient (Wildman–Crippen LogP) is 2.05. The zero-order chi connectivity index (χ0) is 15.4. The molecule has 22 heavy (non-hydrogen) atoms. The van der Waals surface area contributed by atoms with Gasteiger partial charge in [0.1, 0.15) is 0 Å². The molecule has 3 rings (SSSR count). The van der Waals surface area contributed by atoms with Crippen molar-refractivity contribution in [3.8, 4) is 11.9 Å². The number of ether oxygens (including phenoxy) is 1. The lowest BCUT2D eigenvalue weighted by atomic mass is 10.2. The molecule has 112 valence electrons. The number of hydrogen-bond acceptors (Lipinski definition) is 6. The molecule has 0 amide bonds. The fourth-order valence-corrected chi connectivity index (χ4v) is 2.57. The van der Waals surface area contributed by atoms with Crippen molar-refractivity contribution in [1.82, 2.24) is 9.97 Å². The van der Waals surface area contributed by atoms with Crippen LogP contribution in [0.1, 0.15) is 12.0 Å². The van der Waals surface area contributed by atoms with Gasteiger partial charge in [0.2, 0.25) is 11.8 Å². The summed E-state index contributed by atoms with van der Waals surface area (Å²) in [6, 6.07) is 11.8. The van der Waals surface area contributed by atoms with Gasteiger partial charge >= 0.3 is 0 Å². The third kappa shape index (κ3) is 3.09. The number of nitrogens with zero attached hydrogens (tertiary/aromatic N) is 4. The minimum Gasteiger partial charge on any atom is -0.481 e. The minimum atomic E-state index is 0.294. The Kier molecular flexibility index (Phi) is 4.05. The standard InChI is InChI=1S/C16H17N5O/c1-22-15-6-8-18-16(20-15)19-13-7-9-21(11-13)14-4-2-12(10-17)3-5-14/h2-6,8,13H,7,9,11H2,1H3,(H,18,19,20). The van der Waals surface area contributed by atoms with E-state index >= 15 is 0 Å². The van der Waals surface area contributed by atoms with E-state index in [1.165, 1.54) is 0 Å². The molecule has 1 aromatic carbocycles. The molecule has 0 radical (unpaired) electrons. The van der Waals surface area contributed by atoms with Gasteiger partial charge in [-0.05, 0) is 30.7 Å². The van der Waals surface area contributed by atoms with Crippen LogP contribution in [-0.4, -0.2) is 36.2 Å². The van der Waals surface area contributed by atoms with Gasteiger partial charge in [0.05, 0.1) is 18.7 Å². The number of aromatic nitrogens is 2. The van der Waals surface area contributed by atoms with E-state index in [1.54, 1.807) is 19.4 Å². The van der Waals surface area contributed by atoms with Crippen LogP contribution in [-0.2, 0) is 0 Å². The molecule has 0 saturated carbocycles. The Labute approximate surface area is 129 Å². The Bertz CT molecular complexity index is 680. The number of methoxy groups -OCH3 is 1. The molecule has 0 spiro atoms. The van der Waals surface area contributed by atoms with Crippen LogP contribution in [0, 0.1) is 11.3 Å². The molecular weight excluding hydrogens is 278 g/mol. The van der Waals surface area contributed by atoms with E-state index in [0.717, 1.165) is 25.2 Å². The van der Waals surface area contributed by atoms with Crippen molar-refractivity contribution in [1.29, 1.82) is 5.26 Å². The summed E-state index contributed by atoms with van der Waals surface area (Å²) in [6.45, 7) is 1.85. The van der Waals surface area contributed by atoms with Crippen LogP contribution < -0.4 is 15.0 Å². The summed E-state index contributed by atoms with van der Waals surface area (Å²) in [6.07, 6.45) is 2.70. The quantitative estimate of drug-likeness (QED) is 0.930. The molecule has 2 aromatic rings. The van der Waals surface area contributed by atoms with E-state index in [9.17, 15) is 0 Å². The van der Waals surface area contributed by atoms with Crippen LogP contribution in [0.25, 0.3) is 0 Å². The monoisotopic (exact) mass is 295 g/mol. The molecule has 1 N–H and O–H groups in total. The van der Waals surface area contributed by atoms with Crippen molar-refractivity contribution in [2.24, 2.45) is 0 Å². The molecule has 1 aliphatic rings. The minimum absolute atomic E-state index is 0.294.